The molecule has 0 saturated heterocycles. The quantitative estimate of drug-likeness (QED) is 0.710. The van der Waals surface area contributed by atoms with E-state index in [0.29, 0.717) is 31.5 Å². The van der Waals surface area contributed by atoms with Gasteiger partial charge in [0.25, 0.3) is 5.91 Å². The number of hydrogen-bond donors (Lipinski definition) is 1. The molecule has 0 bridgehead atoms. The summed E-state index contributed by atoms with van der Waals surface area (Å²) in [6.45, 7) is 4.68. The van der Waals surface area contributed by atoms with E-state index in [-0.39, 0.29) is 17.6 Å². The van der Waals surface area contributed by atoms with Crippen LogP contribution in [0.25, 0.3) is 0 Å². The van der Waals surface area contributed by atoms with Gasteiger partial charge < -0.3 is 5.32 Å². The van der Waals surface area contributed by atoms with E-state index >= 15 is 0 Å². The lowest BCUT2D eigenvalue weighted by atomic mass is 10.1. The summed E-state index contributed by atoms with van der Waals surface area (Å²) in [5.74, 6) is 0.663. The summed E-state index contributed by atoms with van der Waals surface area (Å²) in [7, 11) is 1.83. The van der Waals surface area contributed by atoms with Gasteiger partial charge in [0.05, 0.1) is 17.8 Å². The minimum atomic E-state index is -0.116. The molecule has 1 aliphatic heterocycles. The molecule has 3 aromatic heterocycles. The van der Waals surface area contributed by atoms with Gasteiger partial charge in [0.2, 0.25) is 0 Å². The van der Waals surface area contributed by atoms with Gasteiger partial charge in [-0.25, -0.2) is 9.48 Å². The minimum absolute atomic E-state index is 0.00520. The van der Waals surface area contributed by atoms with Crippen LogP contribution in [0.5, 0.6) is 0 Å². The predicted octanol–water partition coefficient (Wildman–Crippen LogP) is 0.973. The van der Waals surface area contributed by atoms with Crippen molar-refractivity contribution in [1.29, 1.82) is 0 Å². The Kier molecular flexibility index (Phi) is 5.04. The van der Waals surface area contributed by atoms with Crippen LogP contribution in [-0.2, 0) is 26.6 Å². The lowest BCUT2D eigenvalue weighted by Gasteiger charge is -2.16. The summed E-state index contributed by atoms with van der Waals surface area (Å²) in [5.41, 5.74) is 3.03. The fraction of sp³-hybridized carbons (Fsp3) is 0.450. The van der Waals surface area contributed by atoms with Crippen LogP contribution in [0.1, 0.15) is 46.0 Å². The Morgan fingerprint density at radius 3 is 2.79 bits per heavy atom. The Labute approximate surface area is 168 Å². The average molecular weight is 395 g/mol. The van der Waals surface area contributed by atoms with Crippen LogP contribution in [0.15, 0.2) is 29.3 Å². The third-order valence-electron chi connectivity index (χ3n) is 5.54. The Hall–Kier alpha value is -3.23. The van der Waals surface area contributed by atoms with Gasteiger partial charge in [0.1, 0.15) is 5.82 Å². The van der Waals surface area contributed by atoms with Crippen molar-refractivity contribution in [3.8, 4) is 0 Å². The first-order valence-corrected chi connectivity index (χ1v) is 9.80. The molecule has 1 unspecified atom stereocenters. The van der Waals surface area contributed by atoms with Crippen LogP contribution >= 0.6 is 0 Å². The molecular formula is C20H25N7O2. The van der Waals surface area contributed by atoms with Crippen molar-refractivity contribution in [3.05, 3.63) is 63.3 Å². The molecule has 4 heterocycles. The van der Waals surface area contributed by atoms with Gasteiger partial charge in [0, 0.05) is 44.1 Å². The molecule has 0 aliphatic carbocycles. The van der Waals surface area contributed by atoms with E-state index in [9.17, 15) is 9.59 Å². The van der Waals surface area contributed by atoms with E-state index in [1.165, 1.54) is 4.68 Å². The zero-order valence-electron chi connectivity index (χ0n) is 16.9. The van der Waals surface area contributed by atoms with Crippen molar-refractivity contribution in [2.45, 2.75) is 52.2 Å². The van der Waals surface area contributed by atoms with Crippen molar-refractivity contribution < 1.29 is 4.79 Å². The zero-order valence-corrected chi connectivity index (χ0v) is 16.9. The van der Waals surface area contributed by atoms with Gasteiger partial charge in [-0.15, -0.1) is 0 Å². The summed E-state index contributed by atoms with van der Waals surface area (Å²) in [6, 6.07) is 3.77. The Bertz CT molecular complexity index is 1090. The molecule has 4 rings (SSSR count). The molecule has 9 heteroatoms. The highest BCUT2D eigenvalue weighted by molar-refractivity contribution is 5.96. The maximum atomic E-state index is 12.8. The van der Waals surface area contributed by atoms with Gasteiger partial charge in [-0.2, -0.15) is 10.2 Å². The molecule has 1 aliphatic rings. The maximum Gasteiger partial charge on any atom is 0.346 e. The molecule has 0 fully saturated rings. The van der Waals surface area contributed by atoms with Crippen molar-refractivity contribution in [2.24, 2.45) is 7.05 Å². The summed E-state index contributed by atoms with van der Waals surface area (Å²) in [4.78, 5) is 29.6. The molecule has 1 amide bonds. The fourth-order valence-electron chi connectivity index (χ4n) is 3.90. The van der Waals surface area contributed by atoms with Crippen molar-refractivity contribution in [3.63, 3.8) is 0 Å². The zero-order chi connectivity index (χ0) is 20.5. The Morgan fingerprint density at radius 2 is 2.10 bits per heavy atom. The largest absolute Gasteiger partial charge is 0.349 e. The lowest BCUT2D eigenvalue weighted by Crippen LogP contribution is -2.36. The fourth-order valence-corrected chi connectivity index (χ4v) is 3.90. The van der Waals surface area contributed by atoms with Gasteiger partial charge in [-0.3, -0.25) is 19.0 Å². The number of aromatic nitrogens is 6. The molecule has 0 spiro atoms. The van der Waals surface area contributed by atoms with Crippen LogP contribution < -0.4 is 11.0 Å². The second kappa shape index (κ2) is 7.65. The highest BCUT2D eigenvalue weighted by Crippen LogP contribution is 2.16. The monoisotopic (exact) mass is 395 g/mol. The van der Waals surface area contributed by atoms with E-state index in [0.717, 1.165) is 29.2 Å². The third kappa shape index (κ3) is 3.72. The molecule has 0 radical (unpaired) electrons. The number of pyridine rings is 1. The maximum absolute atomic E-state index is 12.8. The van der Waals surface area contributed by atoms with E-state index in [4.69, 9.17) is 0 Å². The van der Waals surface area contributed by atoms with Gasteiger partial charge >= 0.3 is 5.69 Å². The summed E-state index contributed by atoms with van der Waals surface area (Å²) in [6.07, 6.45) is 5.52. The standard InChI is InChI=1S/C20H25N7O2/c1-13-18(14(2)25(3)23-13)19(28)22-16-6-7-17-24-27(20(29)26(17)10-8-16)12-15-5-4-9-21-11-15/h4-5,9,11,16H,6-8,10,12H2,1-3H3,(H,22,28). The molecule has 0 saturated carbocycles. The number of hydrogen-bond acceptors (Lipinski definition) is 5. The van der Waals surface area contributed by atoms with Gasteiger partial charge in [0.15, 0.2) is 0 Å². The second-order valence-corrected chi connectivity index (χ2v) is 7.54. The summed E-state index contributed by atoms with van der Waals surface area (Å²) < 4.78 is 4.94. The van der Waals surface area contributed by atoms with Crippen LogP contribution in [0.3, 0.4) is 0 Å². The van der Waals surface area contributed by atoms with Gasteiger partial charge in [-0.1, -0.05) is 6.07 Å². The Balaban J connectivity index is 1.45. The first-order valence-electron chi connectivity index (χ1n) is 9.80. The SMILES string of the molecule is Cc1nn(C)c(C)c1C(=O)NC1CCc2nn(Cc3cccnc3)c(=O)n2CC1. The molecule has 1 atom stereocenters. The smallest absolute Gasteiger partial charge is 0.346 e. The normalized spacial score (nSPS) is 16.3. The number of nitrogens with zero attached hydrogens (tertiary/aromatic N) is 6. The first kappa shape index (κ1) is 19.1. The summed E-state index contributed by atoms with van der Waals surface area (Å²) in [5, 5.41) is 12.0. The third-order valence-corrected chi connectivity index (χ3v) is 5.54. The highest BCUT2D eigenvalue weighted by Gasteiger charge is 2.24. The molecule has 0 aromatic carbocycles. The number of carbonyl (C=O) groups excluding carboxylic acids is 1. The molecular weight excluding hydrogens is 370 g/mol. The topological polar surface area (TPSA) is 99.6 Å². The van der Waals surface area contributed by atoms with Crippen LogP contribution in [0, 0.1) is 13.8 Å². The lowest BCUT2D eigenvalue weighted by molar-refractivity contribution is 0.0931. The van der Waals surface area contributed by atoms with E-state index < -0.39 is 0 Å². The predicted molar refractivity (Wildman–Crippen MR) is 107 cm³/mol. The second-order valence-electron chi connectivity index (χ2n) is 7.54. The number of nitrogens with one attached hydrogen (secondary N) is 1. The van der Waals surface area contributed by atoms with Crippen molar-refractivity contribution in [1.82, 2.24) is 34.4 Å². The average Bonchev–Trinajstić information content (AvgIpc) is 3.03. The number of carbonyl (C=O) groups is 1. The van der Waals surface area contributed by atoms with Crippen LogP contribution in [0.2, 0.25) is 0 Å². The molecule has 3 aromatic rings. The van der Waals surface area contributed by atoms with E-state index in [1.54, 1.807) is 21.6 Å². The minimum Gasteiger partial charge on any atom is -0.349 e. The highest BCUT2D eigenvalue weighted by atomic mass is 16.2. The molecule has 152 valence electrons. The van der Waals surface area contributed by atoms with Gasteiger partial charge in [-0.05, 0) is 38.3 Å². The Morgan fingerprint density at radius 1 is 1.28 bits per heavy atom. The molecule has 1 N–H and O–H groups in total. The van der Waals surface area contributed by atoms with Crippen LogP contribution in [-0.4, -0.2) is 41.1 Å². The summed E-state index contributed by atoms with van der Waals surface area (Å²) >= 11 is 0. The van der Waals surface area contributed by atoms with E-state index in [2.05, 4.69) is 20.5 Å². The van der Waals surface area contributed by atoms with Crippen molar-refractivity contribution >= 4 is 5.91 Å². The number of aryl methyl sites for hydroxylation is 3. The van der Waals surface area contributed by atoms with Crippen LogP contribution in [0.4, 0.5) is 0 Å². The van der Waals surface area contributed by atoms with Crippen molar-refractivity contribution in [2.75, 3.05) is 0 Å². The molecule has 9 nitrogen and oxygen atoms in total. The number of amides is 1. The molecule has 29 heavy (non-hydrogen) atoms. The number of rotatable bonds is 4. The number of fused-ring (bicyclic) bond motifs is 1. The first-order chi connectivity index (χ1) is 13.9. The van der Waals surface area contributed by atoms with E-state index in [1.807, 2.05) is 33.0 Å².